The Morgan fingerprint density at radius 3 is 2.50 bits per heavy atom. The maximum absolute atomic E-state index is 12.8. The highest BCUT2D eigenvalue weighted by atomic mass is 19.1. The fraction of sp³-hybridized carbons (Fsp3) is 0.188. The number of aryl methyl sites for hydroxylation is 1. The van der Waals surface area contributed by atoms with Crippen LogP contribution in [0, 0.1) is 12.7 Å². The molecule has 2 aromatic carbocycles. The van der Waals surface area contributed by atoms with Gasteiger partial charge in [-0.1, -0.05) is 30.3 Å². The Morgan fingerprint density at radius 2 is 1.85 bits per heavy atom. The molecule has 2 aromatic rings. The van der Waals surface area contributed by atoms with E-state index in [0.717, 1.165) is 5.56 Å². The SMILES string of the molecule is Cc1ccccc1C(=O)NCC(O)c1ccc(F)cc1. The number of carbonyl (C=O) groups is 1. The van der Waals surface area contributed by atoms with E-state index in [0.29, 0.717) is 11.1 Å². The molecule has 3 nitrogen and oxygen atoms in total. The second-order valence-electron chi connectivity index (χ2n) is 4.59. The fourth-order valence-electron chi connectivity index (χ4n) is 1.92. The maximum atomic E-state index is 12.8. The normalized spacial score (nSPS) is 11.9. The van der Waals surface area contributed by atoms with Gasteiger partial charge in [-0.3, -0.25) is 4.79 Å². The third kappa shape index (κ3) is 3.42. The first-order valence-corrected chi connectivity index (χ1v) is 6.35. The van der Waals surface area contributed by atoms with Crippen LogP contribution in [0.5, 0.6) is 0 Å². The molecule has 0 saturated heterocycles. The molecule has 0 aliphatic rings. The largest absolute Gasteiger partial charge is 0.387 e. The standard InChI is InChI=1S/C16H16FNO2/c1-11-4-2-3-5-14(11)16(20)18-10-15(19)12-6-8-13(17)9-7-12/h2-9,15,19H,10H2,1H3,(H,18,20). The smallest absolute Gasteiger partial charge is 0.251 e. The number of amides is 1. The lowest BCUT2D eigenvalue weighted by Gasteiger charge is -2.13. The van der Waals surface area contributed by atoms with Gasteiger partial charge in [-0.05, 0) is 36.2 Å². The number of benzene rings is 2. The number of aliphatic hydroxyl groups is 1. The summed E-state index contributed by atoms with van der Waals surface area (Å²) in [6.45, 7) is 1.93. The van der Waals surface area contributed by atoms with Crippen LogP contribution in [-0.4, -0.2) is 17.6 Å². The van der Waals surface area contributed by atoms with Crippen molar-refractivity contribution in [3.05, 3.63) is 71.0 Å². The Hall–Kier alpha value is -2.20. The van der Waals surface area contributed by atoms with Gasteiger partial charge in [0.1, 0.15) is 5.82 Å². The first-order chi connectivity index (χ1) is 9.58. The summed E-state index contributed by atoms with van der Waals surface area (Å²) in [5, 5.41) is 12.6. The highest BCUT2D eigenvalue weighted by molar-refractivity contribution is 5.95. The second kappa shape index (κ2) is 6.30. The minimum Gasteiger partial charge on any atom is -0.387 e. The number of halogens is 1. The van der Waals surface area contributed by atoms with E-state index in [1.807, 2.05) is 19.1 Å². The summed E-state index contributed by atoms with van der Waals surface area (Å²) in [6.07, 6.45) is -0.858. The van der Waals surface area contributed by atoms with Crippen LogP contribution in [0.2, 0.25) is 0 Å². The fourth-order valence-corrected chi connectivity index (χ4v) is 1.92. The summed E-state index contributed by atoms with van der Waals surface area (Å²) < 4.78 is 12.8. The van der Waals surface area contributed by atoms with Crippen LogP contribution < -0.4 is 5.32 Å². The van der Waals surface area contributed by atoms with Crippen molar-refractivity contribution >= 4 is 5.91 Å². The van der Waals surface area contributed by atoms with Crippen LogP contribution in [0.25, 0.3) is 0 Å². The molecular weight excluding hydrogens is 257 g/mol. The molecule has 0 aliphatic heterocycles. The average Bonchev–Trinajstić information content (AvgIpc) is 2.45. The van der Waals surface area contributed by atoms with E-state index in [4.69, 9.17) is 0 Å². The monoisotopic (exact) mass is 273 g/mol. The van der Waals surface area contributed by atoms with E-state index in [1.165, 1.54) is 24.3 Å². The topological polar surface area (TPSA) is 49.3 Å². The molecule has 2 N–H and O–H groups in total. The number of rotatable bonds is 4. The van der Waals surface area contributed by atoms with Crippen molar-refractivity contribution in [2.45, 2.75) is 13.0 Å². The Morgan fingerprint density at radius 1 is 1.20 bits per heavy atom. The van der Waals surface area contributed by atoms with E-state index >= 15 is 0 Å². The van der Waals surface area contributed by atoms with Crippen LogP contribution in [0.1, 0.15) is 27.6 Å². The van der Waals surface area contributed by atoms with Gasteiger partial charge in [0, 0.05) is 12.1 Å². The van der Waals surface area contributed by atoms with Gasteiger partial charge in [0.25, 0.3) is 5.91 Å². The van der Waals surface area contributed by atoms with E-state index in [9.17, 15) is 14.3 Å². The number of hydrogen-bond donors (Lipinski definition) is 2. The van der Waals surface area contributed by atoms with Crippen molar-refractivity contribution in [1.29, 1.82) is 0 Å². The molecule has 0 fully saturated rings. The van der Waals surface area contributed by atoms with Gasteiger partial charge >= 0.3 is 0 Å². The number of carbonyl (C=O) groups excluding carboxylic acids is 1. The summed E-state index contributed by atoms with van der Waals surface area (Å²) in [4.78, 5) is 12.0. The lowest BCUT2D eigenvalue weighted by molar-refractivity contribution is 0.0915. The molecule has 1 atom stereocenters. The first-order valence-electron chi connectivity index (χ1n) is 6.35. The van der Waals surface area contributed by atoms with E-state index in [1.54, 1.807) is 12.1 Å². The van der Waals surface area contributed by atoms with Gasteiger partial charge < -0.3 is 10.4 Å². The molecule has 2 rings (SSSR count). The zero-order valence-corrected chi connectivity index (χ0v) is 11.1. The quantitative estimate of drug-likeness (QED) is 0.899. The summed E-state index contributed by atoms with van der Waals surface area (Å²) in [5.74, 6) is -0.589. The third-order valence-corrected chi connectivity index (χ3v) is 3.10. The molecule has 20 heavy (non-hydrogen) atoms. The molecule has 104 valence electrons. The van der Waals surface area contributed by atoms with Crippen molar-refractivity contribution in [3.63, 3.8) is 0 Å². The number of nitrogens with one attached hydrogen (secondary N) is 1. The van der Waals surface area contributed by atoms with Crippen molar-refractivity contribution in [2.75, 3.05) is 6.54 Å². The highest BCUT2D eigenvalue weighted by Crippen LogP contribution is 2.13. The Balaban J connectivity index is 1.97. The van der Waals surface area contributed by atoms with Gasteiger partial charge in [-0.25, -0.2) is 4.39 Å². The lowest BCUT2D eigenvalue weighted by Crippen LogP contribution is -2.28. The molecule has 0 aliphatic carbocycles. The van der Waals surface area contributed by atoms with Crippen molar-refractivity contribution in [3.8, 4) is 0 Å². The van der Waals surface area contributed by atoms with Crippen LogP contribution in [0.3, 0.4) is 0 Å². The van der Waals surface area contributed by atoms with Crippen LogP contribution >= 0.6 is 0 Å². The van der Waals surface area contributed by atoms with Crippen LogP contribution in [0.4, 0.5) is 4.39 Å². The van der Waals surface area contributed by atoms with Crippen molar-refractivity contribution in [2.24, 2.45) is 0 Å². The highest BCUT2D eigenvalue weighted by Gasteiger charge is 2.12. The van der Waals surface area contributed by atoms with Crippen LogP contribution in [-0.2, 0) is 0 Å². The summed E-state index contributed by atoms with van der Waals surface area (Å²) >= 11 is 0. The van der Waals surface area contributed by atoms with Gasteiger partial charge in [0.15, 0.2) is 0 Å². The second-order valence-corrected chi connectivity index (χ2v) is 4.59. The molecule has 0 saturated carbocycles. The first kappa shape index (κ1) is 14.2. The minimum atomic E-state index is -0.858. The molecule has 0 bridgehead atoms. The maximum Gasteiger partial charge on any atom is 0.251 e. The third-order valence-electron chi connectivity index (χ3n) is 3.10. The molecule has 0 aromatic heterocycles. The van der Waals surface area contributed by atoms with E-state index < -0.39 is 6.10 Å². The molecule has 1 unspecified atom stereocenters. The van der Waals surface area contributed by atoms with Gasteiger partial charge in [-0.15, -0.1) is 0 Å². The predicted molar refractivity (Wildman–Crippen MR) is 74.9 cm³/mol. The lowest BCUT2D eigenvalue weighted by atomic mass is 10.1. The predicted octanol–water partition coefficient (Wildman–Crippen LogP) is 2.60. The average molecular weight is 273 g/mol. The molecule has 1 amide bonds. The van der Waals surface area contributed by atoms with E-state index in [-0.39, 0.29) is 18.3 Å². The summed E-state index contributed by atoms with van der Waals surface area (Å²) in [7, 11) is 0. The van der Waals surface area contributed by atoms with Crippen molar-refractivity contribution < 1.29 is 14.3 Å². The Bertz CT molecular complexity index is 596. The number of aliphatic hydroxyl groups excluding tert-OH is 1. The molecule has 0 radical (unpaired) electrons. The molecule has 4 heteroatoms. The minimum absolute atomic E-state index is 0.0821. The summed E-state index contributed by atoms with van der Waals surface area (Å²) in [5.41, 5.74) is 2.02. The Kier molecular flexibility index (Phi) is 4.48. The van der Waals surface area contributed by atoms with Crippen molar-refractivity contribution in [1.82, 2.24) is 5.32 Å². The zero-order chi connectivity index (χ0) is 14.5. The molecular formula is C16H16FNO2. The molecule has 0 heterocycles. The Labute approximate surface area is 117 Å². The summed E-state index contributed by atoms with van der Waals surface area (Å²) in [6, 6.07) is 12.8. The van der Waals surface area contributed by atoms with Crippen LogP contribution in [0.15, 0.2) is 48.5 Å². The molecule has 0 spiro atoms. The van der Waals surface area contributed by atoms with E-state index in [2.05, 4.69) is 5.32 Å². The number of hydrogen-bond acceptors (Lipinski definition) is 2. The van der Waals surface area contributed by atoms with Gasteiger partial charge in [0.2, 0.25) is 0 Å². The zero-order valence-electron chi connectivity index (χ0n) is 11.1. The van der Waals surface area contributed by atoms with Gasteiger partial charge in [-0.2, -0.15) is 0 Å². The van der Waals surface area contributed by atoms with Gasteiger partial charge in [0.05, 0.1) is 6.10 Å².